The molecule has 1 saturated carbocycles. The Balaban J connectivity index is 1.43. The largest absolute Gasteiger partial charge is 0.496 e. The number of ether oxygens (including phenoxy) is 2. The third-order valence-corrected chi connectivity index (χ3v) is 8.47. The molecule has 2 fully saturated rings. The quantitative estimate of drug-likeness (QED) is 0.596. The number of carbonyl (C=O) groups excluding carboxylic acids is 2. The van der Waals surface area contributed by atoms with Crippen LogP contribution in [0.2, 0.25) is 0 Å². The minimum absolute atomic E-state index is 0.0242. The summed E-state index contributed by atoms with van der Waals surface area (Å²) >= 11 is 0. The molecule has 1 unspecified atom stereocenters. The van der Waals surface area contributed by atoms with Crippen LogP contribution >= 0.6 is 0 Å². The number of primary amides is 1. The minimum atomic E-state index is -0.512. The molecular weight excluding hydrogens is 458 g/mol. The predicted molar refractivity (Wildman–Crippen MR) is 137 cm³/mol. The standard InChI is InChI=1S/C27H35N5O4/c1-5-22(33)31-10-7-27(8-11-31)14-18(15-27)19-6-9-29-26-23(25(28)34)24(30-32(19)26)17-12-20(35-3)16(2)21(13-17)36-4/h5,12-13,18-19,29H,1,6-11,14-15H2,2-4H3,(H2,28,34). The molecule has 5 rings (SSSR count). The first-order valence-electron chi connectivity index (χ1n) is 12.6. The smallest absolute Gasteiger partial charge is 0.254 e. The van der Waals surface area contributed by atoms with Gasteiger partial charge >= 0.3 is 0 Å². The maximum absolute atomic E-state index is 12.6. The number of fused-ring (bicyclic) bond motifs is 1. The van der Waals surface area contributed by atoms with Crippen LogP contribution in [0.5, 0.6) is 11.5 Å². The van der Waals surface area contributed by atoms with Gasteiger partial charge in [0.25, 0.3) is 5.91 Å². The van der Waals surface area contributed by atoms with Crippen molar-refractivity contribution in [2.75, 3.05) is 39.2 Å². The minimum Gasteiger partial charge on any atom is -0.496 e. The zero-order valence-electron chi connectivity index (χ0n) is 21.3. The van der Waals surface area contributed by atoms with E-state index in [2.05, 4.69) is 11.9 Å². The van der Waals surface area contributed by atoms with E-state index in [1.807, 2.05) is 28.6 Å². The second kappa shape index (κ2) is 9.19. The predicted octanol–water partition coefficient (Wildman–Crippen LogP) is 3.54. The monoisotopic (exact) mass is 493 g/mol. The van der Waals surface area contributed by atoms with Crippen molar-refractivity contribution in [3.63, 3.8) is 0 Å². The number of hydrogen-bond acceptors (Lipinski definition) is 6. The summed E-state index contributed by atoms with van der Waals surface area (Å²) in [6.45, 7) is 7.90. The van der Waals surface area contributed by atoms with E-state index in [9.17, 15) is 9.59 Å². The molecule has 9 nitrogen and oxygen atoms in total. The van der Waals surface area contributed by atoms with Gasteiger partial charge in [-0.15, -0.1) is 0 Å². The molecule has 1 aromatic carbocycles. The molecule has 2 aromatic rings. The van der Waals surface area contributed by atoms with Crippen molar-refractivity contribution < 1.29 is 19.1 Å². The van der Waals surface area contributed by atoms with E-state index < -0.39 is 5.91 Å². The molecule has 36 heavy (non-hydrogen) atoms. The van der Waals surface area contributed by atoms with Crippen LogP contribution in [0.4, 0.5) is 5.82 Å². The molecule has 0 radical (unpaired) electrons. The zero-order chi connectivity index (χ0) is 25.6. The number of nitrogens with one attached hydrogen (secondary N) is 1. The molecule has 3 aliphatic rings. The fraction of sp³-hybridized carbons (Fsp3) is 0.519. The number of carbonyl (C=O) groups is 2. The number of aromatic nitrogens is 2. The van der Waals surface area contributed by atoms with Crippen molar-refractivity contribution in [2.24, 2.45) is 17.1 Å². The fourth-order valence-electron chi connectivity index (χ4n) is 6.46. The van der Waals surface area contributed by atoms with Crippen molar-refractivity contribution >= 4 is 17.6 Å². The average Bonchev–Trinajstić information content (AvgIpc) is 3.27. The van der Waals surface area contributed by atoms with E-state index in [4.69, 9.17) is 20.3 Å². The van der Waals surface area contributed by atoms with Gasteiger partial charge in [-0.2, -0.15) is 5.10 Å². The summed E-state index contributed by atoms with van der Waals surface area (Å²) in [5, 5.41) is 8.35. The summed E-state index contributed by atoms with van der Waals surface area (Å²) in [5.74, 6) is 2.01. The van der Waals surface area contributed by atoms with Gasteiger partial charge in [-0.25, -0.2) is 4.68 Å². The molecule has 9 heteroatoms. The van der Waals surface area contributed by atoms with Gasteiger partial charge in [-0.1, -0.05) is 6.58 Å². The van der Waals surface area contributed by atoms with Crippen LogP contribution in [0, 0.1) is 18.3 Å². The first-order chi connectivity index (χ1) is 17.3. The van der Waals surface area contributed by atoms with Crippen LogP contribution in [0.15, 0.2) is 24.8 Å². The Morgan fingerprint density at radius 2 is 1.83 bits per heavy atom. The zero-order valence-corrected chi connectivity index (χ0v) is 21.3. The second-order valence-corrected chi connectivity index (χ2v) is 10.4. The summed E-state index contributed by atoms with van der Waals surface area (Å²) in [7, 11) is 3.22. The fourth-order valence-corrected chi connectivity index (χ4v) is 6.46. The maximum Gasteiger partial charge on any atom is 0.254 e. The molecule has 1 saturated heterocycles. The lowest BCUT2D eigenvalue weighted by Crippen LogP contribution is -2.50. The van der Waals surface area contributed by atoms with Gasteiger partial charge in [0.2, 0.25) is 5.91 Å². The van der Waals surface area contributed by atoms with Crippen LogP contribution in [-0.2, 0) is 4.79 Å². The number of hydrogen-bond donors (Lipinski definition) is 2. The van der Waals surface area contributed by atoms with Gasteiger partial charge in [0.1, 0.15) is 28.6 Å². The third kappa shape index (κ3) is 3.90. The average molecular weight is 494 g/mol. The highest BCUT2D eigenvalue weighted by molar-refractivity contribution is 6.04. The Kier molecular flexibility index (Phi) is 6.18. The number of likely N-dealkylation sites (tertiary alicyclic amines) is 1. The van der Waals surface area contributed by atoms with Crippen molar-refractivity contribution in [3.05, 3.63) is 35.9 Å². The van der Waals surface area contributed by atoms with Crippen LogP contribution in [0.1, 0.15) is 54.1 Å². The molecule has 2 aliphatic heterocycles. The van der Waals surface area contributed by atoms with E-state index in [-0.39, 0.29) is 11.9 Å². The van der Waals surface area contributed by atoms with Crippen LogP contribution < -0.4 is 20.5 Å². The van der Waals surface area contributed by atoms with Gasteiger partial charge in [0, 0.05) is 30.8 Å². The van der Waals surface area contributed by atoms with E-state index >= 15 is 0 Å². The molecule has 2 amide bonds. The summed E-state index contributed by atoms with van der Waals surface area (Å²) in [6.07, 6.45) is 6.63. The van der Waals surface area contributed by atoms with E-state index in [1.165, 1.54) is 6.08 Å². The van der Waals surface area contributed by atoms with Gasteiger partial charge in [-0.05, 0) is 68.6 Å². The maximum atomic E-state index is 12.6. The Bertz CT molecular complexity index is 1180. The number of piperidine rings is 1. The van der Waals surface area contributed by atoms with Crippen molar-refractivity contribution in [3.8, 4) is 22.8 Å². The summed E-state index contributed by atoms with van der Waals surface area (Å²) in [6, 6.07) is 3.95. The van der Waals surface area contributed by atoms with Gasteiger partial charge in [0.05, 0.1) is 20.3 Å². The van der Waals surface area contributed by atoms with Crippen molar-refractivity contribution in [2.45, 2.75) is 45.1 Å². The highest BCUT2D eigenvalue weighted by atomic mass is 16.5. The summed E-state index contributed by atoms with van der Waals surface area (Å²) in [4.78, 5) is 26.5. The molecule has 1 spiro atoms. The lowest BCUT2D eigenvalue weighted by molar-refractivity contribution is -0.130. The third-order valence-electron chi connectivity index (χ3n) is 8.47. The lowest BCUT2D eigenvalue weighted by Gasteiger charge is -2.54. The van der Waals surface area contributed by atoms with E-state index in [1.54, 1.807) is 14.2 Å². The second-order valence-electron chi connectivity index (χ2n) is 10.4. The molecule has 192 valence electrons. The van der Waals surface area contributed by atoms with Gasteiger partial charge in [-0.3, -0.25) is 9.59 Å². The van der Waals surface area contributed by atoms with Crippen LogP contribution in [-0.4, -0.2) is 60.3 Å². The number of nitrogens with zero attached hydrogens (tertiary/aromatic N) is 3. The van der Waals surface area contributed by atoms with Gasteiger partial charge < -0.3 is 25.4 Å². The molecular formula is C27H35N5O4. The first-order valence-corrected chi connectivity index (χ1v) is 12.6. The Hall–Kier alpha value is -3.49. The van der Waals surface area contributed by atoms with Crippen LogP contribution in [0.3, 0.4) is 0 Å². The first kappa shape index (κ1) is 24.2. The number of nitrogens with two attached hydrogens (primary N) is 1. The lowest BCUT2D eigenvalue weighted by atomic mass is 9.55. The molecule has 0 bridgehead atoms. The number of methoxy groups -OCH3 is 2. The topological polar surface area (TPSA) is 112 Å². The normalized spacial score (nSPS) is 20.8. The van der Waals surface area contributed by atoms with Crippen molar-refractivity contribution in [1.82, 2.24) is 14.7 Å². The van der Waals surface area contributed by atoms with Crippen molar-refractivity contribution in [1.29, 1.82) is 0 Å². The number of amides is 2. The molecule has 3 heterocycles. The summed E-state index contributed by atoms with van der Waals surface area (Å²) in [5.41, 5.74) is 8.74. The number of benzene rings is 1. The Morgan fingerprint density at radius 1 is 1.19 bits per heavy atom. The number of anilines is 1. The Morgan fingerprint density at radius 3 is 2.39 bits per heavy atom. The molecule has 1 aromatic heterocycles. The highest BCUT2D eigenvalue weighted by Crippen LogP contribution is 2.57. The van der Waals surface area contributed by atoms with E-state index in [0.29, 0.717) is 39.9 Å². The highest BCUT2D eigenvalue weighted by Gasteiger charge is 2.50. The van der Waals surface area contributed by atoms with Gasteiger partial charge in [0.15, 0.2) is 0 Å². The SMILES string of the molecule is C=CC(=O)N1CCC2(CC1)CC(C1CCNc3c(C(N)=O)c(-c4cc(OC)c(C)c(OC)c4)nn31)C2. The summed E-state index contributed by atoms with van der Waals surface area (Å²) < 4.78 is 13.1. The van der Waals surface area contributed by atoms with Crippen LogP contribution in [0.25, 0.3) is 11.3 Å². The van der Waals surface area contributed by atoms with E-state index in [0.717, 1.165) is 62.9 Å². The molecule has 1 aliphatic carbocycles. The Labute approximate surface area is 211 Å². The number of rotatable bonds is 6. The molecule has 3 N–H and O–H groups in total. The molecule has 1 atom stereocenters.